The number of oxazole rings is 1. The maximum atomic E-state index is 14.2. The van der Waals surface area contributed by atoms with E-state index in [9.17, 15) is 9.18 Å². The Bertz CT molecular complexity index is 1070. The molecule has 3 aromatic rings. The van der Waals surface area contributed by atoms with E-state index in [0.717, 1.165) is 29.5 Å². The number of hydrogen-bond acceptors (Lipinski definition) is 6. The molecule has 2 saturated heterocycles. The zero-order valence-corrected chi connectivity index (χ0v) is 16.8. The lowest BCUT2D eigenvalue weighted by Crippen LogP contribution is -2.57. The zero-order valence-electron chi connectivity index (χ0n) is 16.8. The minimum atomic E-state index is -0.298. The fourth-order valence-corrected chi connectivity index (χ4v) is 4.75. The maximum Gasteiger partial charge on any atom is 0.236 e. The lowest BCUT2D eigenvalue weighted by molar-refractivity contribution is -0.131. The van der Waals surface area contributed by atoms with Crippen LogP contribution in [-0.2, 0) is 11.3 Å². The predicted molar refractivity (Wildman–Crippen MR) is 111 cm³/mol. The Morgan fingerprint density at radius 3 is 2.83 bits per heavy atom. The van der Waals surface area contributed by atoms with E-state index in [0.29, 0.717) is 31.2 Å². The summed E-state index contributed by atoms with van der Waals surface area (Å²) in [6.07, 6.45) is 4.82. The Morgan fingerprint density at radius 1 is 1.27 bits per heavy atom. The van der Waals surface area contributed by atoms with Crippen molar-refractivity contribution >= 4 is 22.7 Å². The SMILES string of the molecule is Cc1nc2cccc(CNCC(=O)N3CC4CCC(C3)N4c3ccncc3F)c2o1. The summed E-state index contributed by atoms with van der Waals surface area (Å²) in [6, 6.07) is 7.86. The molecule has 2 aliphatic heterocycles. The lowest BCUT2D eigenvalue weighted by atomic mass is 10.1. The van der Waals surface area contributed by atoms with E-state index < -0.39 is 0 Å². The van der Waals surface area contributed by atoms with Gasteiger partial charge in [-0.15, -0.1) is 0 Å². The third-order valence-electron chi connectivity index (χ3n) is 6.06. The van der Waals surface area contributed by atoms with Crippen molar-refractivity contribution in [1.82, 2.24) is 20.2 Å². The van der Waals surface area contributed by atoms with Gasteiger partial charge in [0.15, 0.2) is 17.3 Å². The minimum Gasteiger partial charge on any atom is -0.441 e. The van der Waals surface area contributed by atoms with E-state index in [1.807, 2.05) is 30.0 Å². The monoisotopic (exact) mass is 409 g/mol. The molecule has 0 saturated carbocycles. The van der Waals surface area contributed by atoms with Gasteiger partial charge in [-0.25, -0.2) is 9.37 Å². The fraction of sp³-hybridized carbons (Fsp3) is 0.409. The number of nitrogens with one attached hydrogen (secondary N) is 1. The minimum absolute atomic E-state index is 0.0719. The van der Waals surface area contributed by atoms with Crippen molar-refractivity contribution in [2.45, 2.75) is 38.4 Å². The average molecular weight is 409 g/mol. The number of halogens is 1. The molecule has 30 heavy (non-hydrogen) atoms. The molecule has 2 unspecified atom stereocenters. The first kappa shape index (κ1) is 19.0. The molecule has 0 aliphatic carbocycles. The molecule has 2 aliphatic rings. The third-order valence-corrected chi connectivity index (χ3v) is 6.06. The van der Waals surface area contributed by atoms with Crippen LogP contribution in [0.1, 0.15) is 24.3 Å². The Kier molecular flexibility index (Phi) is 4.86. The topological polar surface area (TPSA) is 74.5 Å². The molecule has 2 aromatic heterocycles. The molecule has 0 spiro atoms. The normalized spacial score (nSPS) is 20.9. The summed E-state index contributed by atoms with van der Waals surface area (Å²) in [5, 5.41) is 3.24. The van der Waals surface area contributed by atoms with Gasteiger partial charge in [-0.1, -0.05) is 12.1 Å². The van der Waals surface area contributed by atoms with Gasteiger partial charge in [-0.3, -0.25) is 9.78 Å². The number of anilines is 1. The first-order valence-electron chi connectivity index (χ1n) is 10.3. The first-order valence-corrected chi connectivity index (χ1v) is 10.3. The average Bonchev–Trinajstić information content (AvgIpc) is 3.24. The summed E-state index contributed by atoms with van der Waals surface area (Å²) < 4.78 is 19.9. The van der Waals surface area contributed by atoms with Crippen molar-refractivity contribution in [2.24, 2.45) is 0 Å². The van der Waals surface area contributed by atoms with Crippen LogP contribution in [0.5, 0.6) is 0 Å². The number of amides is 1. The highest BCUT2D eigenvalue weighted by Crippen LogP contribution is 2.35. The second kappa shape index (κ2) is 7.68. The van der Waals surface area contributed by atoms with Gasteiger partial charge >= 0.3 is 0 Å². The number of piperazine rings is 1. The van der Waals surface area contributed by atoms with Gasteiger partial charge in [0.2, 0.25) is 5.91 Å². The second-order valence-corrected chi connectivity index (χ2v) is 8.02. The van der Waals surface area contributed by atoms with Crippen molar-refractivity contribution in [2.75, 3.05) is 24.5 Å². The number of benzene rings is 1. The number of aryl methyl sites for hydroxylation is 1. The summed E-state index contributed by atoms with van der Waals surface area (Å²) in [5.41, 5.74) is 3.17. The maximum absolute atomic E-state index is 14.2. The van der Waals surface area contributed by atoms with Gasteiger partial charge in [0, 0.05) is 50.4 Å². The number of carbonyl (C=O) groups is 1. The smallest absolute Gasteiger partial charge is 0.236 e. The summed E-state index contributed by atoms with van der Waals surface area (Å²) in [7, 11) is 0. The molecule has 2 fully saturated rings. The lowest BCUT2D eigenvalue weighted by Gasteiger charge is -2.42. The summed E-state index contributed by atoms with van der Waals surface area (Å²) in [4.78, 5) is 25.1. The van der Waals surface area contributed by atoms with Crippen molar-refractivity contribution < 1.29 is 13.6 Å². The largest absolute Gasteiger partial charge is 0.441 e. The van der Waals surface area contributed by atoms with E-state index in [1.165, 1.54) is 6.20 Å². The van der Waals surface area contributed by atoms with Crippen molar-refractivity contribution in [3.63, 3.8) is 0 Å². The van der Waals surface area contributed by atoms with E-state index in [4.69, 9.17) is 4.42 Å². The highest BCUT2D eigenvalue weighted by atomic mass is 19.1. The van der Waals surface area contributed by atoms with Crippen LogP contribution >= 0.6 is 0 Å². The molecular formula is C22H24FN5O2. The molecule has 1 N–H and O–H groups in total. The van der Waals surface area contributed by atoms with E-state index in [-0.39, 0.29) is 30.4 Å². The summed E-state index contributed by atoms with van der Waals surface area (Å²) >= 11 is 0. The molecule has 1 amide bonds. The Labute approximate surface area is 173 Å². The number of likely N-dealkylation sites (tertiary alicyclic amines) is 1. The third kappa shape index (κ3) is 3.41. The van der Waals surface area contributed by atoms with Crippen molar-refractivity contribution in [3.8, 4) is 0 Å². The van der Waals surface area contributed by atoms with Gasteiger partial charge in [0.1, 0.15) is 5.52 Å². The van der Waals surface area contributed by atoms with E-state index >= 15 is 0 Å². The second-order valence-electron chi connectivity index (χ2n) is 8.02. The molecule has 8 heteroatoms. The van der Waals surface area contributed by atoms with Crippen LogP contribution in [0.2, 0.25) is 0 Å². The van der Waals surface area contributed by atoms with Gasteiger partial charge in [-0.05, 0) is 25.0 Å². The van der Waals surface area contributed by atoms with E-state index in [2.05, 4.69) is 20.2 Å². The van der Waals surface area contributed by atoms with Gasteiger partial charge in [-0.2, -0.15) is 0 Å². The summed E-state index contributed by atoms with van der Waals surface area (Å²) in [6.45, 7) is 3.86. The van der Waals surface area contributed by atoms with Crippen LogP contribution in [0.15, 0.2) is 41.1 Å². The van der Waals surface area contributed by atoms with Gasteiger partial charge in [0.25, 0.3) is 0 Å². The van der Waals surface area contributed by atoms with Gasteiger partial charge in [0.05, 0.1) is 18.4 Å². The number of nitrogens with zero attached hydrogens (tertiary/aromatic N) is 4. The van der Waals surface area contributed by atoms with Crippen molar-refractivity contribution in [1.29, 1.82) is 0 Å². The van der Waals surface area contributed by atoms with Crippen LogP contribution in [0.25, 0.3) is 11.1 Å². The molecule has 7 nitrogen and oxygen atoms in total. The fourth-order valence-electron chi connectivity index (χ4n) is 4.75. The van der Waals surface area contributed by atoms with E-state index in [1.54, 1.807) is 12.3 Å². The molecule has 1 aromatic carbocycles. The number of carbonyl (C=O) groups excluding carboxylic acids is 1. The standard InChI is InChI=1S/C22H24FN5O2/c1-14-26-19-4-2-3-15(22(19)30-14)9-25-11-21(29)27-12-16-5-6-17(13-27)28(16)20-7-8-24-10-18(20)23/h2-4,7-8,10,16-17,25H,5-6,9,11-13H2,1H3. The molecule has 2 bridgehead atoms. The van der Waals surface area contributed by atoms with Crippen LogP contribution in [0.4, 0.5) is 10.1 Å². The molecule has 156 valence electrons. The zero-order chi connectivity index (χ0) is 20.7. The summed E-state index contributed by atoms with van der Waals surface area (Å²) in [5.74, 6) is 0.405. The first-order chi connectivity index (χ1) is 14.6. The predicted octanol–water partition coefficient (Wildman–Crippen LogP) is 2.64. The number of rotatable bonds is 5. The molecule has 4 heterocycles. The highest BCUT2D eigenvalue weighted by Gasteiger charge is 2.42. The number of pyridine rings is 1. The van der Waals surface area contributed by atoms with Crippen LogP contribution < -0.4 is 10.2 Å². The molecule has 0 radical (unpaired) electrons. The Morgan fingerprint density at radius 2 is 2.07 bits per heavy atom. The van der Waals surface area contributed by atoms with Gasteiger partial charge < -0.3 is 19.5 Å². The molecular weight excluding hydrogens is 385 g/mol. The van der Waals surface area contributed by atoms with Crippen LogP contribution in [-0.4, -0.2) is 52.5 Å². The molecule has 5 rings (SSSR count). The van der Waals surface area contributed by atoms with Crippen molar-refractivity contribution in [3.05, 3.63) is 53.9 Å². The quantitative estimate of drug-likeness (QED) is 0.698. The van der Waals surface area contributed by atoms with Crippen LogP contribution in [0, 0.1) is 12.7 Å². The number of fused-ring (bicyclic) bond motifs is 3. The number of para-hydroxylation sites is 1. The Balaban J connectivity index is 1.20. The highest BCUT2D eigenvalue weighted by molar-refractivity contribution is 5.79. The Hall–Kier alpha value is -3.00. The number of aromatic nitrogens is 2. The number of hydrogen-bond donors (Lipinski definition) is 1. The van der Waals surface area contributed by atoms with Crippen LogP contribution in [0.3, 0.4) is 0 Å². The molecule has 2 atom stereocenters.